The van der Waals surface area contributed by atoms with Crippen LogP contribution < -0.4 is 5.32 Å². The zero-order valence-corrected chi connectivity index (χ0v) is 11.4. The van der Waals surface area contributed by atoms with Crippen molar-refractivity contribution < 1.29 is 0 Å². The molecule has 1 unspecified atom stereocenters. The number of hydrogen-bond donors (Lipinski definition) is 1. The summed E-state index contributed by atoms with van der Waals surface area (Å²) in [5, 5.41) is 12.9. The molecule has 0 bridgehead atoms. The number of pyridine rings is 2. The van der Waals surface area contributed by atoms with E-state index in [9.17, 15) is 0 Å². The molecule has 3 aromatic heterocycles. The van der Waals surface area contributed by atoms with Gasteiger partial charge in [0.25, 0.3) is 0 Å². The molecule has 0 saturated heterocycles. The SMILES string of the molecule is CC(C#N)Nc1nc(-c2ccncc2)nc2cnccc12. The number of hydrogen-bond acceptors (Lipinski definition) is 6. The minimum absolute atomic E-state index is 0.346. The van der Waals surface area contributed by atoms with Gasteiger partial charge >= 0.3 is 0 Å². The average molecular weight is 276 g/mol. The van der Waals surface area contributed by atoms with Crippen LogP contribution in [0.5, 0.6) is 0 Å². The minimum atomic E-state index is -0.346. The Kier molecular flexibility index (Phi) is 3.39. The molecule has 0 amide bonds. The monoisotopic (exact) mass is 276 g/mol. The van der Waals surface area contributed by atoms with E-state index in [1.807, 2.05) is 18.2 Å². The maximum absolute atomic E-state index is 8.98. The van der Waals surface area contributed by atoms with Crippen LogP contribution in [-0.4, -0.2) is 26.0 Å². The first-order chi connectivity index (χ1) is 10.3. The maximum Gasteiger partial charge on any atom is 0.162 e. The van der Waals surface area contributed by atoms with Crippen LogP contribution in [0.3, 0.4) is 0 Å². The van der Waals surface area contributed by atoms with Crippen LogP contribution in [0.1, 0.15) is 6.92 Å². The molecule has 0 aromatic carbocycles. The highest BCUT2D eigenvalue weighted by Crippen LogP contribution is 2.24. The van der Waals surface area contributed by atoms with E-state index >= 15 is 0 Å². The van der Waals surface area contributed by atoms with Gasteiger partial charge in [-0.3, -0.25) is 9.97 Å². The van der Waals surface area contributed by atoms with E-state index in [4.69, 9.17) is 5.26 Å². The molecule has 0 spiro atoms. The van der Waals surface area contributed by atoms with Gasteiger partial charge < -0.3 is 5.32 Å². The second-order valence-electron chi connectivity index (χ2n) is 4.52. The van der Waals surface area contributed by atoms with Crippen LogP contribution in [0.25, 0.3) is 22.3 Å². The summed E-state index contributed by atoms with van der Waals surface area (Å²) < 4.78 is 0. The quantitative estimate of drug-likeness (QED) is 0.790. The van der Waals surface area contributed by atoms with E-state index in [1.54, 1.807) is 31.7 Å². The molecule has 1 N–H and O–H groups in total. The molecule has 6 heteroatoms. The van der Waals surface area contributed by atoms with Crippen molar-refractivity contribution in [2.45, 2.75) is 13.0 Å². The summed E-state index contributed by atoms with van der Waals surface area (Å²) in [5.74, 6) is 1.20. The highest BCUT2D eigenvalue weighted by Gasteiger charge is 2.11. The van der Waals surface area contributed by atoms with Crippen molar-refractivity contribution >= 4 is 16.7 Å². The Labute approximate surface area is 121 Å². The lowest BCUT2D eigenvalue weighted by atomic mass is 10.2. The van der Waals surface area contributed by atoms with Gasteiger partial charge in [0.1, 0.15) is 11.9 Å². The van der Waals surface area contributed by atoms with Crippen molar-refractivity contribution in [2.75, 3.05) is 5.32 Å². The lowest BCUT2D eigenvalue weighted by Crippen LogP contribution is -2.14. The normalized spacial score (nSPS) is 11.8. The van der Waals surface area contributed by atoms with Gasteiger partial charge in [0.15, 0.2) is 5.82 Å². The van der Waals surface area contributed by atoms with Gasteiger partial charge in [-0.25, -0.2) is 9.97 Å². The first-order valence-electron chi connectivity index (χ1n) is 6.46. The predicted molar refractivity (Wildman–Crippen MR) is 79.3 cm³/mol. The highest BCUT2D eigenvalue weighted by atomic mass is 15.1. The van der Waals surface area contributed by atoms with Crippen LogP contribution in [-0.2, 0) is 0 Å². The molecule has 3 aromatic rings. The zero-order valence-electron chi connectivity index (χ0n) is 11.4. The first kappa shape index (κ1) is 12.9. The average Bonchev–Trinajstić information content (AvgIpc) is 2.55. The van der Waals surface area contributed by atoms with Crippen molar-refractivity contribution in [1.82, 2.24) is 19.9 Å². The lowest BCUT2D eigenvalue weighted by Gasteiger charge is -2.11. The van der Waals surface area contributed by atoms with Crippen LogP contribution in [0.15, 0.2) is 43.0 Å². The van der Waals surface area contributed by atoms with Gasteiger partial charge in [0, 0.05) is 29.5 Å². The zero-order chi connectivity index (χ0) is 14.7. The lowest BCUT2D eigenvalue weighted by molar-refractivity contribution is 0.993. The predicted octanol–water partition coefficient (Wildman–Crippen LogP) is 2.41. The second-order valence-corrected chi connectivity index (χ2v) is 4.52. The Morgan fingerprint density at radius 3 is 2.62 bits per heavy atom. The molecule has 3 rings (SSSR count). The fourth-order valence-corrected chi connectivity index (χ4v) is 1.96. The van der Waals surface area contributed by atoms with Gasteiger partial charge in [-0.05, 0) is 25.1 Å². The van der Waals surface area contributed by atoms with Crippen LogP contribution in [0.2, 0.25) is 0 Å². The van der Waals surface area contributed by atoms with E-state index in [0.717, 1.165) is 16.5 Å². The highest BCUT2D eigenvalue weighted by molar-refractivity contribution is 5.90. The van der Waals surface area contributed by atoms with Gasteiger partial charge in [-0.15, -0.1) is 0 Å². The van der Waals surface area contributed by atoms with Crippen LogP contribution in [0, 0.1) is 11.3 Å². The van der Waals surface area contributed by atoms with E-state index in [2.05, 4.69) is 31.3 Å². The van der Waals surface area contributed by atoms with E-state index in [1.165, 1.54) is 0 Å². The fourth-order valence-electron chi connectivity index (χ4n) is 1.96. The van der Waals surface area contributed by atoms with E-state index < -0.39 is 0 Å². The van der Waals surface area contributed by atoms with E-state index in [0.29, 0.717) is 11.6 Å². The molecule has 102 valence electrons. The Morgan fingerprint density at radius 1 is 1.10 bits per heavy atom. The summed E-state index contributed by atoms with van der Waals surface area (Å²) in [4.78, 5) is 17.1. The molecule has 3 heterocycles. The van der Waals surface area contributed by atoms with Gasteiger partial charge in [-0.2, -0.15) is 5.26 Å². The number of nitrogens with one attached hydrogen (secondary N) is 1. The standard InChI is InChI=1S/C15H12N6/c1-10(8-16)19-15-12-4-7-18-9-13(12)20-14(21-15)11-2-5-17-6-3-11/h2-7,9-10H,1H3,(H,19,20,21). The molecule has 0 radical (unpaired) electrons. The fraction of sp³-hybridized carbons (Fsp3) is 0.133. The minimum Gasteiger partial charge on any atom is -0.354 e. The van der Waals surface area contributed by atoms with E-state index in [-0.39, 0.29) is 6.04 Å². The van der Waals surface area contributed by atoms with Crippen molar-refractivity contribution in [3.05, 3.63) is 43.0 Å². The molecule has 6 nitrogen and oxygen atoms in total. The summed E-state index contributed by atoms with van der Waals surface area (Å²) >= 11 is 0. The number of nitriles is 1. The van der Waals surface area contributed by atoms with Crippen molar-refractivity contribution in [2.24, 2.45) is 0 Å². The molecule has 0 saturated carbocycles. The Hall–Kier alpha value is -3.07. The van der Waals surface area contributed by atoms with Gasteiger partial charge in [-0.1, -0.05) is 0 Å². The molecule has 0 aliphatic rings. The third kappa shape index (κ3) is 2.62. The van der Waals surface area contributed by atoms with Crippen molar-refractivity contribution in [1.29, 1.82) is 5.26 Å². The number of nitrogens with zero attached hydrogens (tertiary/aromatic N) is 5. The van der Waals surface area contributed by atoms with Crippen LogP contribution in [0.4, 0.5) is 5.82 Å². The number of aromatic nitrogens is 4. The summed E-state index contributed by atoms with van der Waals surface area (Å²) in [7, 11) is 0. The molecule has 0 aliphatic heterocycles. The summed E-state index contributed by atoms with van der Waals surface area (Å²) in [6.07, 6.45) is 6.75. The molecule has 0 aliphatic carbocycles. The number of fused-ring (bicyclic) bond motifs is 1. The third-order valence-corrected chi connectivity index (χ3v) is 2.98. The van der Waals surface area contributed by atoms with Crippen molar-refractivity contribution in [3.63, 3.8) is 0 Å². The van der Waals surface area contributed by atoms with Gasteiger partial charge in [0.2, 0.25) is 0 Å². The molecule has 0 fully saturated rings. The molecule has 1 atom stereocenters. The molecular formula is C15H12N6. The number of anilines is 1. The summed E-state index contributed by atoms with van der Waals surface area (Å²) in [6, 6.07) is 7.31. The Morgan fingerprint density at radius 2 is 1.86 bits per heavy atom. The first-order valence-corrected chi connectivity index (χ1v) is 6.46. The topological polar surface area (TPSA) is 87.4 Å². The Balaban J connectivity index is 2.18. The van der Waals surface area contributed by atoms with Gasteiger partial charge in [0.05, 0.1) is 17.8 Å². The van der Waals surface area contributed by atoms with Crippen LogP contribution >= 0.6 is 0 Å². The summed E-state index contributed by atoms with van der Waals surface area (Å²) in [5.41, 5.74) is 1.59. The summed E-state index contributed by atoms with van der Waals surface area (Å²) in [6.45, 7) is 1.78. The smallest absolute Gasteiger partial charge is 0.162 e. The largest absolute Gasteiger partial charge is 0.354 e. The van der Waals surface area contributed by atoms with Crippen molar-refractivity contribution in [3.8, 4) is 17.5 Å². The third-order valence-electron chi connectivity index (χ3n) is 2.98. The Bertz CT molecular complexity index is 809. The number of rotatable bonds is 3. The molecular weight excluding hydrogens is 264 g/mol. The maximum atomic E-state index is 8.98. The molecule has 21 heavy (non-hydrogen) atoms. The second kappa shape index (κ2) is 5.51.